The monoisotopic (exact) mass is 1070 g/mol. The first-order chi connectivity index (χ1) is 34.7. The number of alkyl halides is 3. The summed E-state index contributed by atoms with van der Waals surface area (Å²) < 4.78 is 132. The fraction of sp³-hybridized carbons (Fsp3) is 0.392. The normalized spacial score (nSPS) is 24.8. The Labute approximate surface area is 431 Å². The summed E-state index contributed by atoms with van der Waals surface area (Å²) in [6.07, 6.45) is 15.9. The maximum Gasteiger partial charge on any atom is 0.237 e. The number of rotatable bonds is 6. The highest BCUT2D eigenvalue weighted by atomic mass is 35.6. The van der Waals surface area contributed by atoms with Crippen molar-refractivity contribution in [1.29, 1.82) is 10.5 Å². The summed E-state index contributed by atoms with van der Waals surface area (Å²) in [6.45, 7) is 29.4. The Morgan fingerprint density at radius 1 is 0.726 bits per heavy atom. The predicted molar refractivity (Wildman–Crippen MR) is 257 cm³/mol. The fourth-order valence-electron chi connectivity index (χ4n) is 10.1. The van der Waals surface area contributed by atoms with E-state index < -0.39 is 90.1 Å². The van der Waals surface area contributed by atoms with Gasteiger partial charge >= 0.3 is 0 Å². The van der Waals surface area contributed by atoms with Gasteiger partial charge in [0, 0.05) is 16.1 Å². The van der Waals surface area contributed by atoms with Gasteiger partial charge in [-0.2, -0.15) is 10.5 Å². The van der Waals surface area contributed by atoms with Crippen LogP contribution in [0.5, 0.6) is 0 Å². The summed E-state index contributed by atoms with van der Waals surface area (Å²) in [7, 11) is 0. The lowest BCUT2D eigenvalue weighted by Gasteiger charge is -2.22. The first-order valence-corrected chi connectivity index (χ1v) is 23.3. The van der Waals surface area contributed by atoms with Crippen molar-refractivity contribution in [3.8, 4) is 12.1 Å². The third-order valence-electron chi connectivity index (χ3n) is 13.5. The summed E-state index contributed by atoms with van der Waals surface area (Å²) >= 11 is 14.2. The molecule has 1 saturated heterocycles. The molecule has 2 aromatic rings. The van der Waals surface area contributed by atoms with Gasteiger partial charge in [0.1, 0.15) is 40.5 Å². The van der Waals surface area contributed by atoms with Crippen molar-refractivity contribution in [3.63, 3.8) is 0 Å². The molecule has 4 fully saturated rings. The Hall–Kier alpha value is -6.91. The van der Waals surface area contributed by atoms with Crippen LogP contribution in [0.15, 0.2) is 74.7 Å². The lowest BCUT2D eigenvalue weighted by Crippen LogP contribution is -2.20. The first-order valence-electron chi connectivity index (χ1n) is 22.6. The molecule has 73 heavy (non-hydrogen) atoms. The number of hydrogen-bond acceptors (Lipinski definition) is 6. The van der Waals surface area contributed by atoms with E-state index in [1.54, 1.807) is 26.0 Å². The van der Waals surface area contributed by atoms with Gasteiger partial charge in [0.2, 0.25) is 11.4 Å². The molecule has 7 aliphatic rings. The number of nitriles is 2. The largest absolute Gasteiger partial charge is 0.507 e. The number of benzene rings is 2. The highest BCUT2D eigenvalue weighted by Gasteiger charge is 2.65. The number of fused-ring (bicyclic) bond motifs is 7. The lowest BCUT2D eigenvalue weighted by atomic mass is 9.96. The van der Waals surface area contributed by atoms with Crippen LogP contribution >= 0.6 is 34.8 Å². The van der Waals surface area contributed by atoms with Crippen LogP contribution in [0.2, 0.25) is 0 Å². The van der Waals surface area contributed by atoms with E-state index in [-0.39, 0.29) is 51.8 Å². The van der Waals surface area contributed by atoms with Crippen molar-refractivity contribution in [1.82, 2.24) is 0 Å². The van der Waals surface area contributed by atoms with Crippen LogP contribution < -0.4 is 4.90 Å². The zero-order chi connectivity index (χ0) is 54.9. The maximum atomic E-state index is 15.0. The third-order valence-corrected chi connectivity index (χ3v) is 13.5. The third kappa shape index (κ3) is 10.8. The molecule has 3 heterocycles. The number of anilines is 1. The van der Waals surface area contributed by atoms with Crippen LogP contribution in [-0.4, -0.2) is 27.6 Å². The fourth-order valence-corrected chi connectivity index (χ4v) is 10.1. The summed E-state index contributed by atoms with van der Waals surface area (Å²) in [5, 5.41) is 20.9. The minimum Gasteiger partial charge on any atom is -0.507 e. The molecule has 4 bridgehead atoms. The Kier molecular flexibility index (Phi) is 16.3. The Balaban J connectivity index is 0.000000198. The summed E-state index contributed by atoms with van der Waals surface area (Å²) in [4.78, 5) is 13.4. The van der Waals surface area contributed by atoms with Gasteiger partial charge in [0.15, 0.2) is 67.8 Å². The van der Waals surface area contributed by atoms with Gasteiger partial charge < -0.3 is 14.4 Å². The van der Waals surface area contributed by atoms with Crippen LogP contribution in [-0.2, 0) is 9.47 Å². The molecule has 3 saturated carbocycles. The minimum absolute atomic E-state index is 0.0201. The van der Waals surface area contributed by atoms with Gasteiger partial charge in [-0.3, -0.25) is 0 Å². The molecule has 0 N–H and O–H groups in total. The standard InChI is InChI=1S/C25H18F4N4O.C18H11F4N5O.C7H10.CHCl3/c1-25(2)15(20(32-3)24(34-25)13(9-30)10-31)7-6-14-16(26)18(28)23(19(29)17(14)27)33-21-11-4-5-12(8-11)22(21)33;1-8(24-4)17-15(25-5)10(18(2,3)28-17)7-6-9-11(19)13(21)16(26-27-23)14(22)12(9)20;1-2-7-4-3-6(1)5-7;2-1(3)4/h6-7,11-12,21-22H,4-5,8H2,1-2H3;6-7H,1-3H3;1-2,6-7H,3-5H2;1H/b7-6+;7-6+,17-8+;;/i;;;1D. The zero-order valence-electron chi connectivity index (χ0n) is 40.2. The minimum atomic E-state index is -1.85. The van der Waals surface area contributed by atoms with Crippen molar-refractivity contribution >= 4 is 58.3 Å². The number of azide groups is 1. The van der Waals surface area contributed by atoms with E-state index in [4.69, 9.17) is 81.4 Å². The van der Waals surface area contributed by atoms with Crippen molar-refractivity contribution in [2.75, 3.05) is 4.90 Å². The van der Waals surface area contributed by atoms with Gasteiger partial charge in [-0.05, 0) is 114 Å². The van der Waals surface area contributed by atoms with Crippen LogP contribution in [0.4, 0.5) is 46.5 Å². The van der Waals surface area contributed by atoms with Crippen LogP contribution in [0.3, 0.4) is 0 Å². The molecule has 3 aliphatic heterocycles. The van der Waals surface area contributed by atoms with Crippen molar-refractivity contribution in [3.05, 3.63) is 172 Å². The second-order valence-electron chi connectivity index (χ2n) is 18.5. The van der Waals surface area contributed by atoms with Crippen molar-refractivity contribution in [2.45, 2.75) is 101 Å². The number of hydrogen-bond donors (Lipinski definition) is 0. The van der Waals surface area contributed by atoms with Crippen molar-refractivity contribution < 1.29 is 46.0 Å². The summed E-state index contributed by atoms with van der Waals surface area (Å²) in [6, 6.07) is 3.15. The lowest BCUT2D eigenvalue weighted by molar-refractivity contribution is 0.0945. The Morgan fingerprint density at radius 3 is 1.49 bits per heavy atom. The number of nitrogens with zero attached hydrogens (tertiary/aromatic N) is 9. The molecule has 0 aromatic heterocycles. The van der Waals surface area contributed by atoms with E-state index in [2.05, 4.69) is 36.7 Å². The molecule has 0 radical (unpaired) electrons. The van der Waals surface area contributed by atoms with E-state index in [9.17, 15) is 26.3 Å². The predicted octanol–water partition coefficient (Wildman–Crippen LogP) is 15.8. The summed E-state index contributed by atoms with van der Waals surface area (Å²) in [5.74, 6) is -10.8. The maximum absolute atomic E-state index is 15.0. The quantitative estimate of drug-likeness (QED) is 0.0272. The highest BCUT2D eigenvalue weighted by Crippen LogP contribution is 2.60. The molecule has 2 aromatic carbocycles. The average Bonchev–Trinajstić information content (AvgIpc) is 4.02. The molecule has 11 nitrogen and oxygen atoms in total. The van der Waals surface area contributed by atoms with E-state index >= 15 is 8.78 Å². The molecule has 9 rings (SSSR count). The molecular weight excluding hydrogens is 1030 g/mol. The van der Waals surface area contributed by atoms with Gasteiger partial charge in [-0.15, -0.1) is 0 Å². The van der Waals surface area contributed by atoms with E-state index in [0.717, 1.165) is 55.4 Å². The van der Waals surface area contributed by atoms with Gasteiger partial charge in [-0.1, -0.05) is 64.2 Å². The SMILES string of the molecule is C1=CC2CCC1C2.[2H]C(Cl)(Cl)Cl.[C-]#[N+]C1=C(/C=C/c2c(F)c(F)c(N3C4C5CCC(C5)C43)c(F)c2F)C(C)(C)OC1=C(C#N)C#N.[C-]#[N+]C1=C(/C=C/c2c(F)c(F)c(N=[N+]=[N-])c(F)c2F)C(C)(C)O/C1=C(\C)[N+]#[C-]. The van der Waals surface area contributed by atoms with E-state index in [0.29, 0.717) is 11.8 Å². The second kappa shape index (κ2) is 22.1. The number of ether oxygens (including phenoxy) is 2. The van der Waals surface area contributed by atoms with Crippen LogP contribution in [0.1, 0.15) is 85.6 Å². The molecule has 6 unspecified atom stereocenters. The number of halogens is 11. The zero-order valence-corrected chi connectivity index (χ0v) is 41.4. The average molecular weight is 1070 g/mol. The van der Waals surface area contributed by atoms with E-state index in [1.165, 1.54) is 44.9 Å². The number of piperidine rings is 1. The molecule has 378 valence electrons. The molecule has 0 amide bonds. The Bertz CT molecular complexity index is 3100. The molecular formula is C51H40Cl3F8N9O2. The van der Waals surface area contributed by atoms with Gasteiger partial charge in [0.25, 0.3) is 0 Å². The second-order valence-corrected chi connectivity index (χ2v) is 20.2. The Morgan fingerprint density at radius 2 is 1.14 bits per heavy atom. The molecule has 6 atom stereocenters. The highest BCUT2D eigenvalue weighted by molar-refractivity contribution is 6.63. The molecule has 0 spiro atoms. The smallest absolute Gasteiger partial charge is 0.237 e. The molecule has 4 aliphatic carbocycles. The van der Waals surface area contributed by atoms with Crippen molar-refractivity contribution in [2.24, 2.45) is 28.8 Å². The van der Waals surface area contributed by atoms with E-state index in [1.807, 2.05) is 0 Å². The van der Waals surface area contributed by atoms with Gasteiger partial charge in [0.05, 0.1) is 44.3 Å². The number of allylic oxidation sites excluding steroid dienone is 4. The first kappa shape index (κ1) is 53.9. The van der Waals surface area contributed by atoms with Crippen LogP contribution in [0.25, 0.3) is 37.1 Å². The topological polar surface area (TPSA) is 131 Å². The molecule has 22 heteroatoms. The van der Waals surface area contributed by atoms with Gasteiger partial charge in [-0.25, -0.2) is 49.7 Å². The van der Waals surface area contributed by atoms with Crippen LogP contribution in [0, 0.1) is 113 Å². The summed E-state index contributed by atoms with van der Waals surface area (Å²) in [5.41, 5.74) is 1.57.